The normalized spacial score (nSPS) is 11.0. The Hall–Kier alpha value is -3.80. The molecule has 0 amide bonds. The summed E-state index contributed by atoms with van der Waals surface area (Å²) in [5, 5.41) is 10.6. The monoisotopic (exact) mass is 388 g/mol. The maximum atomic E-state index is 13.2. The summed E-state index contributed by atoms with van der Waals surface area (Å²) in [5.41, 5.74) is 3.11. The molecule has 1 N–H and O–H groups in total. The van der Waals surface area contributed by atoms with E-state index in [1.165, 1.54) is 0 Å². The van der Waals surface area contributed by atoms with Gasteiger partial charge in [0.15, 0.2) is 6.61 Å². The van der Waals surface area contributed by atoms with Crippen molar-refractivity contribution in [2.45, 2.75) is 6.92 Å². The predicted octanol–water partition coefficient (Wildman–Crippen LogP) is 3.77. The second-order valence-electron chi connectivity index (χ2n) is 6.84. The second kappa shape index (κ2) is 7.31. The van der Waals surface area contributed by atoms with E-state index in [-0.39, 0.29) is 12.2 Å². The van der Waals surface area contributed by atoms with Crippen LogP contribution in [0.5, 0.6) is 5.75 Å². The number of fused-ring (bicyclic) bond motifs is 1. The SMILES string of the molecule is Cc1c(-c2ccc3cc(OCC(=O)O)ccc3c2)c(=O)n(-c2ccccc2)n1C. The van der Waals surface area contributed by atoms with Gasteiger partial charge < -0.3 is 9.84 Å². The van der Waals surface area contributed by atoms with E-state index in [1.54, 1.807) is 16.8 Å². The molecular weight excluding hydrogens is 368 g/mol. The Labute approximate surface area is 167 Å². The van der Waals surface area contributed by atoms with E-state index in [4.69, 9.17) is 9.84 Å². The lowest BCUT2D eigenvalue weighted by molar-refractivity contribution is -0.139. The highest BCUT2D eigenvalue weighted by atomic mass is 16.5. The van der Waals surface area contributed by atoms with Crippen LogP contribution in [0, 0.1) is 6.92 Å². The van der Waals surface area contributed by atoms with Crippen LogP contribution < -0.4 is 10.3 Å². The van der Waals surface area contributed by atoms with Crippen molar-refractivity contribution in [3.8, 4) is 22.6 Å². The quantitative estimate of drug-likeness (QED) is 0.565. The minimum atomic E-state index is -1.02. The number of nitrogens with zero attached hydrogens (tertiary/aromatic N) is 2. The second-order valence-corrected chi connectivity index (χ2v) is 6.84. The Balaban J connectivity index is 1.78. The Bertz CT molecular complexity index is 1270. The van der Waals surface area contributed by atoms with Crippen LogP contribution in [0.25, 0.3) is 27.6 Å². The third-order valence-corrected chi connectivity index (χ3v) is 5.02. The minimum absolute atomic E-state index is 0.0723. The molecule has 6 heteroatoms. The molecule has 0 aliphatic heterocycles. The lowest BCUT2D eigenvalue weighted by Crippen LogP contribution is -2.20. The number of carboxylic acids is 1. The molecule has 0 fully saturated rings. The van der Waals surface area contributed by atoms with Gasteiger partial charge in [-0.1, -0.05) is 36.4 Å². The van der Waals surface area contributed by atoms with Crippen molar-refractivity contribution in [1.82, 2.24) is 9.36 Å². The van der Waals surface area contributed by atoms with Gasteiger partial charge in [0, 0.05) is 12.7 Å². The van der Waals surface area contributed by atoms with Crippen LogP contribution in [0.15, 0.2) is 71.5 Å². The summed E-state index contributed by atoms with van der Waals surface area (Å²) in [7, 11) is 1.88. The van der Waals surface area contributed by atoms with E-state index >= 15 is 0 Å². The maximum absolute atomic E-state index is 13.2. The molecule has 0 unspecified atom stereocenters. The summed E-state index contributed by atoms with van der Waals surface area (Å²) in [6.45, 7) is 1.55. The zero-order chi connectivity index (χ0) is 20.5. The molecular formula is C23H20N2O4. The van der Waals surface area contributed by atoms with Crippen LogP contribution in [0.2, 0.25) is 0 Å². The number of benzene rings is 3. The summed E-state index contributed by atoms with van der Waals surface area (Å²) in [5.74, 6) is -0.523. The molecule has 0 atom stereocenters. The van der Waals surface area contributed by atoms with Crippen molar-refractivity contribution < 1.29 is 14.6 Å². The fraction of sp³-hybridized carbons (Fsp3) is 0.130. The molecule has 3 aromatic carbocycles. The number of carboxylic acid groups (broad SMARTS) is 1. The highest BCUT2D eigenvalue weighted by Crippen LogP contribution is 2.28. The van der Waals surface area contributed by atoms with Gasteiger partial charge in [0.2, 0.25) is 0 Å². The number of para-hydroxylation sites is 1. The molecule has 0 saturated carbocycles. The fourth-order valence-electron chi connectivity index (χ4n) is 3.51. The minimum Gasteiger partial charge on any atom is -0.482 e. The highest BCUT2D eigenvalue weighted by Gasteiger charge is 2.17. The van der Waals surface area contributed by atoms with Crippen LogP contribution in [0.1, 0.15) is 5.69 Å². The van der Waals surface area contributed by atoms with Gasteiger partial charge in [0.05, 0.1) is 11.3 Å². The lowest BCUT2D eigenvalue weighted by Gasteiger charge is -2.07. The molecule has 0 spiro atoms. The van der Waals surface area contributed by atoms with E-state index < -0.39 is 5.97 Å². The topological polar surface area (TPSA) is 73.5 Å². The van der Waals surface area contributed by atoms with E-state index in [9.17, 15) is 9.59 Å². The molecule has 1 aromatic heterocycles. The maximum Gasteiger partial charge on any atom is 0.341 e. The highest BCUT2D eigenvalue weighted by molar-refractivity contribution is 5.88. The Morgan fingerprint density at radius 3 is 2.41 bits per heavy atom. The van der Waals surface area contributed by atoms with Gasteiger partial charge in [-0.05, 0) is 53.6 Å². The summed E-state index contributed by atoms with van der Waals surface area (Å²) in [4.78, 5) is 23.9. The summed E-state index contributed by atoms with van der Waals surface area (Å²) >= 11 is 0. The third kappa shape index (κ3) is 3.40. The fourth-order valence-corrected chi connectivity index (χ4v) is 3.51. The summed E-state index contributed by atoms with van der Waals surface area (Å²) in [6.07, 6.45) is 0. The Morgan fingerprint density at radius 2 is 1.69 bits per heavy atom. The first-order chi connectivity index (χ1) is 14.0. The van der Waals surface area contributed by atoms with Gasteiger partial charge in [-0.25, -0.2) is 9.48 Å². The largest absolute Gasteiger partial charge is 0.482 e. The summed E-state index contributed by atoms with van der Waals surface area (Å²) in [6, 6.07) is 20.7. The number of hydrogen-bond acceptors (Lipinski definition) is 3. The van der Waals surface area contributed by atoms with E-state index in [0.717, 1.165) is 27.7 Å². The lowest BCUT2D eigenvalue weighted by atomic mass is 10.0. The molecule has 0 aliphatic carbocycles. The first-order valence-electron chi connectivity index (χ1n) is 9.18. The third-order valence-electron chi connectivity index (χ3n) is 5.02. The van der Waals surface area contributed by atoms with Crippen LogP contribution in [0.4, 0.5) is 0 Å². The van der Waals surface area contributed by atoms with Crippen LogP contribution >= 0.6 is 0 Å². The molecule has 4 aromatic rings. The molecule has 0 aliphatic rings. The van der Waals surface area contributed by atoms with Gasteiger partial charge in [-0.15, -0.1) is 0 Å². The van der Waals surface area contributed by atoms with Crippen molar-refractivity contribution in [2.24, 2.45) is 7.05 Å². The van der Waals surface area contributed by atoms with Gasteiger partial charge in [-0.3, -0.25) is 9.48 Å². The smallest absolute Gasteiger partial charge is 0.341 e. The first-order valence-corrected chi connectivity index (χ1v) is 9.18. The first kappa shape index (κ1) is 18.6. The van der Waals surface area contributed by atoms with Gasteiger partial charge in [0.25, 0.3) is 5.56 Å². The number of aromatic nitrogens is 2. The van der Waals surface area contributed by atoms with E-state index in [1.807, 2.05) is 73.3 Å². The molecule has 4 rings (SSSR count). The number of rotatable bonds is 5. The Kier molecular flexibility index (Phi) is 4.68. The molecule has 146 valence electrons. The van der Waals surface area contributed by atoms with Crippen molar-refractivity contribution >= 4 is 16.7 Å². The average Bonchev–Trinajstić information content (AvgIpc) is 2.95. The predicted molar refractivity (Wildman–Crippen MR) is 112 cm³/mol. The standard InChI is InChI=1S/C23H20N2O4/c1-15-22(23(28)25(24(15)2)19-6-4-3-5-7-19)18-9-8-17-13-20(29-14-21(26)27)11-10-16(17)12-18/h3-13H,14H2,1-2H3,(H,26,27). The molecule has 6 nitrogen and oxygen atoms in total. The number of carbonyl (C=O) groups is 1. The molecule has 0 saturated heterocycles. The number of hydrogen-bond donors (Lipinski definition) is 1. The molecule has 29 heavy (non-hydrogen) atoms. The molecule has 0 bridgehead atoms. The molecule has 0 radical (unpaired) electrons. The van der Waals surface area contributed by atoms with Crippen LogP contribution in [-0.2, 0) is 11.8 Å². The van der Waals surface area contributed by atoms with Gasteiger partial charge >= 0.3 is 5.97 Å². The van der Waals surface area contributed by atoms with Crippen molar-refractivity contribution in [2.75, 3.05) is 6.61 Å². The zero-order valence-electron chi connectivity index (χ0n) is 16.1. The van der Waals surface area contributed by atoms with E-state index in [2.05, 4.69) is 0 Å². The van der Waals surface area contributed by atoms with Crippen molar-refractivity contribution in [3.05, 3.63) is 82.8 Å². The van der Waals surface area contributed by atoms with Gasteiger partial charge in [0.1, 0.15) is 5.75 Å². The van der Waals surface area contributed by atoms with Gasteiger partial charge in [-0.2, -0.15) is 0 Å². The number of aliphatic carboxylic acids is 1. The molecule has 1 heterocycles. The van der Waals surface area contributed by atoms with Crippen molar-refractivity contribution in [3.63, 3.8) is 0 Å². The Morgan fingerprint density at radius 1 is 1.00 bits per heavy atom. The van der Waals surface area contributed by atoms with E-state index in [0.29, 0.717) is 11.3 Å². The summed E-state index contributed by atoms with van der Waals surface area (Å²) < 4.78 is 8.77. The number of ether oxygens (including phenoxy) is 1. The van der Waals surface area contributed by atoms with Crippen LogP contribution in [0.3, 0.4) is 0 Å². The van der Waals surface area contributed by atoms with Crippen LogP contribution in [-0.4, -0.2) is 27.0 Å². The zero-order valence-corrected chi connectivity index (χ0v) is 16.1. The average molecular weight is 388 g/mol. The van der Waals surface area contributed by atoms with Crippen molar-refractivity contribution in [1.29, 1.82) is 0 Å².